The molecule has 0 aliphatic carbocycles. The molecule has 0 atom stereocenters. The number of hydrogen-bond donors (Lipinski definition) is 1. The van der Waals surface area contributed by atoms with E-state index < -0.39 is 6.36 Å². The summed E-state index contributed by atoms with van der Waals surface area (Å²) in [5.41, 5.74) is 3.14. The Bertz CT molecular complexity index is 1100. The highest BCUT2D eigenvalue weighted by Crippen LogP contribution is 2.26. The molecule has 0 saturated carbocycles. The molecule has 0 amide bonds. The number of aromatic amines is 1. The van der Waals surface area contributed by atoms with E-state index in [1.807, 2.05) is 6.07 Å². The minimum absolute atomic E-state index is 0.192. The Labute approximate surface area is 150 Å². The van der Waals surface area contributed by atoms with Crippen molar-refractivity contribution >= 4 is 11.0 Å². The third-order valence-corrected chi connectivity index (χ3v) is 3.86. The van der Waals surface area contributed by atoms with Crippen molar-refractivity contribution in [1.29, 1.82) is 0 Å². The third-order valence-electron chi connectivity index (χ3n) is 3.86. The Hall–Kier alpha value is -3.43. The van der Waals surface area contributed by atoms with Gasteiger partial charge in [-0.25, -0.2) is 9.97 Å². The van der Waals surface area contributed by atoms with Crippen LogP contribution in [0, 0.1) is 6.92 Å². The lowest BCUT2D eigenvalue weighted by Gasteiger charge is -2.09. The molecule has 138 valence electrons. The van der Waals surface area contributed by atoms with Crippen molar-refractivity contribution in [1.82, 2.24) is 29.9 Å². The molecule has 7 nitrogen and oxygen atoms in total. The van der Waals surface area contributed by atoms with Crippen LogP contribution < -0.4 is 4.74 Å². The van der Waals surface area contributed by atoms with E-state index in [4.69, 9.17) is 0 Å². The van der Waals surface area contributed by atoms with Gasteiger partial charge in [0, 0.05) is 11.6 Å². The van der Waals surface area contributed by atoms with Gasteiger partial charge >= 0.3 is 6.36 Å². The Morgan fingerprint density at radius 2 is 1.96 bits per heavy atom. The lowest BCUT2D eigenvalue weighted by molar-refractivity contribution is -0.274. The Kier molecular flexibility index (Phi) is 4.02. The molecule has 4 aromatic rings. The van der Waals surface area contributed by atoms with Crippen LogP contribution in [-0.4, -0.2) is 36.3 Å². The molecule has 3 heterocycles. The van der Waals surface area contributed by atoms with Crippen molar-refractivity contribution in [2.24, 2.45) is 0 Å². The predicted octanol–water partition coefficient (Wildman–Crippen LogP) is 3.47. The molecule has 0 saturated heterocycles. The fourth-order valence-corrected chi connectivity index (χ4v) is 2.79. The number of aromatic nitrogens is 6. The summed E-state index contributed by atoms with van der Waals surface area (Å²) in [6, 6.07) is 7.56. The van der Waals surface area contributed by atoms with E-state index >= 15 is 0 Å². The molecule has 1 N–H and O–H groups in total. The van der Waals surface area contributed by atoms with Crippen molar-refractivity contribution in [2.75, 3.05) is 0 Å². The fourth-order valence-electron chi connectivity index (χ4n) is 2.79. The summed E-state index contributed by atoms with van der Waals surface area (Å²) in [4.78, 5) is 12.9. The number of nitrogens with one attached hydrogen (secondary N) is 1. The van der Waals surface area contributed by atoms with E-state index in [0.717, 1.165) is 5.39 Å². The Balaban J connectivity index is 1.63. The van der Waals surface area contributed by atoms with Crippen molar-refractivity contribution < 1.29 is 17.9 Å². The molecule has 0 unspecified atom stereocenters. The number of aryl methyl sites for hydroxylation is 1. The molecule has 0 spiro atoms. The van der Waals surface area contributed by atoms with E-state index in [-0.39, 0.29) is 12.3 Å². The first-order chi connectivity index (χ1) is 12.9. The second-order valence-electron chi connectivity index (χ2n) is 5.82. The van der Waals surface area contributed by atoms with Gasteiger partial charge in [0.15, 0.2) is 0 Å². The lowest BCUT2D eigenvalue weighted by Crippen LogP contribution is -2.17. The number of ether oxygens (including phenoxy) is 1. The molecule has 10 heteroatoms. The van der Waals surface area contributed by atoms with Crippen LogP contribution in [0.5, 0.6) is 5.75 Å². The highest BCUT2D eigenvalue weighted by atomic mass is 19.4. The van der Waals surface area contributed by atoms with Crippen molar-refractivity contribution in [3.8, 4) is 17.1 Å². The van der Waals surface area contributed by atoms with Crippen LogP contribution in [0.4, 0.5) is 13.2 Å². The number of fused-ring (bicyclic) bond motifs is 1. The second-order valence-corrected chi connectivity index (χ2v) is 5.82. The van der Waals surface area contributed by atoms with E-state index in [0.29, 0.717) is 28.3 Å². The summed E-state index contributed by atoms with van der Waals surface area (Å²) in [5.74, 6) is -0.283. The quantitative estimate of drug-likeness (QED) is 0.592. The summed E-state index contributed by atoms with van der Waals surface area (Å²) in [6.45, 7) is 1.99. The number of rotatable bonds is 4. The molecule has 4 rings (SSSR count). The number of alkyl halides is 3. The highest BCUT2D eigenvalue weighted by Gasteiger charge is 2.31. The van der Waals surface area contributed by atoms with Gasteiger partial charge in [0.25, 0.3) is 0 Å². The summed E-state index contributed by atoms with van der Waals surface area (Å²) in [6.07, 6.45) is -1.54. The fraction of sp³-hybridized carbons (Fsp3) is 0.176. The molecule has 0 fully saturated rings. The van der Waals surface area contributed by atoms with Gasteiger partial charge < -0.3 is 9.72 Å². The molecule has 0 radical (unpaired) electrons. The summed E-state index contributed by atoms with van der Waals surface area (Å²) in [5, 5.41) is 9.61. The SMILES string of the molecule is Cc1nn(Cc2cccc(OC(F)(F)F)c2)nc1-c1ncnc2[nH]ccc12. The molecule has 27 heavy (non-hydrogen) atoms. The number of benzene rings is 1. The predicted molar refractivity (Wildman–Crippen MR) is 89.9 cm³/mol. The van der Waals surface area contributed by atoms with E-state index in [1.54, 1.807) is 19.2 Å². The topological polar surface area (TPSA) is 81.5 Å². The first kappa shape index (κ1) is 17.0. The van der Waals surface area contributed by atoms with Gasteiger partial charge in [0.1, 0.15) is 29.1 Å². The van der Waals surface area contributed by atoms with Crippen LogP contribution in [0.1, 0.15) is 11.3 Å². The van der Waals surface area contributed by atoms with E-state index in [2.05, 4.69) is 29.9 Å². The zero-order valence-corrected chi connectivity index (χ0v) is 14.0. The van der Waals surface area contributed by atoms with Crippen LogP contribution in [0.15, 0.2) is 42.9 Å². The second kappa shape index (κ2) is 6.38. The molecular formula is C17H13F3N6O. The summed E-state index contributed by atoms with van der Waals surface area (Å²) in [7, 11) is 0. The average molecular weight is 374 g/mol. The molecule has 1 aromatic carbocycles. The van der Waals surface area contributed by atoms with Crippen LogP contribution >= 0.6 is 0 Å². The standard InChI is InChI=1S/C17H13F3N6O/c1-10-14(15-13-5-6-21-16(13)23-9-22-15)25-26(24-10)8-11-3-2-4-12(7-11)27-17(18,19)20/h2-7,9H,8H2,1H3,(H,21,22,23). The number of hydrogen-bond acceptors (Lipinski definition) is 5. The van der Waals surface area contributed by atoms with Crippen molar-refractivity contribution in [2.45, 2.75) is 19.8 Å². The first-order valence-corrected chi connectivity index (χ1v) is 7.94. The van der Waals surface area contributed by atoms with Gasteiger partial charge in [0.2, 0.25) is 0 Å². The van der Waals surface area contributed by atoms with Gasteiger partial charge in [-0.05, 0) is 30.7 Å². The van der Waals surface area contributed by atoms with Gasteiger partial charge in [-0.3, -0.25) is 0 Å². The number of H-pyrrole nitrogens is 1. The maximum absolute atomic E-state index is 12.4. The van der Waals surface area contributed by atoms with Gasteiger partial charge in [-0.15, -0.1) is 13.2 Å². The number of nitrogens with zero attached hydrogens (tertiary/aromatic N) is 5. The van der Waals surface area contributed by atoms with Crippen molar-refractivity contribution in [3.05, 3.63) is 54.1 Å². The van der Waals surface area contributed by atoms with Gasteiger partial charge in [-0.1, -0.05) is 12.1 Å². The minimum atomic E-state index is -4.73. The molecular weight excluding hydrogens is 361 g/mol. The van der Waals surface area contributed by atoms with Gasteiger partial charge in [0.05, 0.1) is 12.2 Å². The van der Waals surface area contributed by atoms with E-state index in [1.165, 1.54) is 29.3 Å². The lowest BCUT2D eigenvalue weighted by atomic mass is 10.2. The molecule has 0 bridgehead atoms. The molecule has 0 aliphatic heterocycles. The molecule has 3 aromatic heterocycles. The third kappa shape index (κ3) is 3.59. The Morgan fingerprint density at radius 1 is 1.11 bits per heavy atom. The average Bonchev–Trinajstić information content (AvgIpc) is 3.20. The maximum atomic E-state index is 12.4. The summed E-state index contributed by atoms with van der Waals surface area (Å²) >= 11 is 0. The largest absolute Gasteiger partial charge is 0.573 e. The zero-order chi connectivity index (χ0) is 19.0. The first-order valence-electron chi connectivity index (χ1n) is 7.94. The Morgan fingerprint density at radius 3 is 2.78 bits per heavy atom. The van der Waals surface area contributed by atoms with Gasteiger partial charge in [-0.2, -0.15) is 15.0 Å². The van der Waals surface area contributed by atoms with Crippen LogP contribution in [-0.2, 0) is 6.54 Å². The molecule has 0 aliphatic rings. The van der Waals surface area contributed by atoms with E-state index in [9.17, 15) is 13.2 Å². The maximum Gasteiger partial charge on any atom is 0.573 e. The van der Waals surface area contributed by atoms with Crippen molar-refractivity contribution in [3.63, 3.8) is 0 Å². The smallest absolute Gasteiger partial charge is 0.406 e. The summed E-state index contributed by atoms with van der Waals surface area (Å²) < 4.78 is 41.1. The zero-order valence-electron chi connectivity index (χ0n) is 14.0. The number of halogens is 3. The normalized spacial score (nSPS) is 11.9. The minimum Gasteiger partial charge on any atom is -0.406 e. The van der Waals surface area contributed by atoms with Crippen LogP contribution in [0.25, 0.3) is 22.4 Å². The van der Waals surface area contributed by atoms with Crippen LogP contribution in [0.2, 0.25) is 0 Å². The van der Waals surface area contributed by atoms with Crippen LogP contribution in [0.3, 0.4) is 0 Å². The highest BCUT2D eigenvalue weighted by molar-refractivity contribution is 5.89. The monoisotopic (exact) mass is 374 g/mol.